The molecular formula is C18H19ClN2O2S. The molecule has 0 spiro atoms. The van der Waals surface area contributed by atoms with Gasteiger partial charge in [-0.05, 0) is 62.2 Å². The Bertz CT molecular complexity index is 976. The summed E-state index contributed by atoms with van der Waals surface area (Å²) in [6.45, 7) is 4.40. The summed E-state index contributed by atoms with van der Waals surface area (Å²) in [5, 5.41) is 1.66. The number of benzene rings is 2. The molecule has 0 saturated carbocycles. The molecular weight excluding hydrogens is 344 g/mol. The number of hydrogen-bond acceptors (Lipinski definition) is 2. The molecule has 0 aliphatic carbocycles. The van der Waals surface area contributed by atoms with Crippen molar-refractivity contribution in [3.05, 3.63) is 64.3 Å². The normalized spacial score (nSPS) is 12.0. The molecule has 4 nitrogen and oxygen atoms in total. The first kappa shape index (κ1) is 17.0. The van der Waals surface area contributed by atoms with E-state index in [1.807, 2.05) is 6.92 Å². The first-order valence-electron chi connectivity index (χ1n) is 7.70. The van der Waals surface area contributed by atoms with Crippen LogP contribution in [0.3, 0.4) is 0 Å². The molecule has 0 radical (unpaired) electrons. The molecule has 0 aliphatic heterocycles. The number of sulfonamides is 1. The van der Waals surface area contributed by atoms with Gasteiger partial charge in [-0.25, -0.2) is 13.1 Å². The predicted molar refractivity (Wildman–Crippen MR) is 98.1 cm³/mol. The lowest BCUT2D eigenvalue weighted by Crippen LogP contribution is -2.26. The van der Waals surface area contributed by atoms with Crippen LogP contribution in [0.4, 0.5) is 0 Å². The Morgan fingerprint density at radius 2 is 1.79 bits per heavy atom. The van der Waals surface area contributed by atoms with Crippen molar-refractivity contribution < 1.29 is 8.42 Å². The summed E-state index contributed by atoms with van der Waals surface area (Å²) in [6, 6.07) is 12.4. The van der Waals surface area contributed by atoms with Crippen LogP contribution in [0, 0.1) is 13.8 Å². The number of aromatic amines is 1. The fourth-order valence-corrected chi connectivity index (χ4v) is 3.98. The van der Waals surface area contributed by atoms with Gasteiger partial charge in [-0.2, -0.15) is 0 Å². The van der Waals surface area contributed by atoms with E-state index in [1.54, 1.807) is 12.1 Å². The highest BCUT2D eigenvalue weighted by Crippen LogP contribution is 2.23. The first-order chi connectivity index (χ1) is 11.4. The third-order valence-corrected chi connectivity index (χ3v) is 5.79. The second kappa shape index (κ2) is 6.59. The van der Waals surface area contributed by atoms with Crippen molar-refractivity contribution in [2.24, 2.45) is 0 Å². The van der Waals surface area contributed by atoms with Gasteiger partial charge in [-0.15, -0.1) is 0 Å². The predicted octanol–water partition coefficient (Wildman–Crippen LogP) is 3.96. The summed E-state index contributed by atoms with van der Waals surface area (Å²) < 4.78 is 27.3. The second-order valence-electron chi connectivity index (χ2n) is 5.88. The zero-order valence-corrected chi connectivity index (χ0v) is 15.1. The van der Waals surface area contributed by atoms with E-state index < -0.39 is 10.0 Å². The number of fused-ring (bicyclic) bond motifs is 1. The summed E-state index contributed by atoms with van der Waals surface area (Å²) in [7, 11) is -3.52. The molecule has 1 aromatic heterocycles. The Morgan fingerprint density at radius 3 is 2.50 bits per heavy atom. The number of H-pyrrole nitrogens is 1. The number of halogens is 1. The van der Waals surface area contributed by atoms with E-state index in [2.05, 4.69) is 34.8 Å². The zero-order valence-electron chi connectivity index (χ0n) is 13.6. The largest absolute Gasteiger partial charge is 0.358 e. The SMILES string of the molecule is Cc1ccc2[nH]c(C)c(CCNS(=O)(=O)c3ccc(Cl)cc3)c2c1. The smallest absolute Gasteiger partial charge is 0.240 e. The van der Waals surface area contributed by atoms with Gasteiger partial charge in [-0.3, -0.25) is 0 Å². The molecule has 24 heavy (non-hydrogen) atoms. The molecule has 0 aliphatic rings. The Labute approximate surface area is 146 Å². The standard InChI is InChI=1S/C18H19ClN2O2S/c1-12-3-8-18-17(11-12)16(13(2)21-18)9-10-20-24(22,23)15-6-4-14(19)5-7-15/h3-8,11,20-21H,9-10H2,1-2H3. The molecule has 126 valence electrons. The minimum atomic E-state index is -3.52. The van der Waals surface area contributed by atoms with Gasteiger partial charge in [0.1, 0.15) is 0 Å². The third kappa shape index (κ3) is 3.48. The highest BCUT2D eigenvalue weighted by Gasteiger charge is 2.14. The molecule has 3 rings (SSSR count). The number of aryl methyl sites for hydroxylation is 2. The Morgan fingerprint density at radius 1 is 1.08 bits per heavy atom. The van der Waals surface area contributed by atoms with Crippen LogP contribution in [0.1, 0.15) is 16.8 Å². The summed E-state index contributed by atoms with van der Waals surface area (Å²) in [4.78, 5) is 3.57. The van der Waals surface area contributed by atoms with Crippen molar-refractivity contribution >= 4 is 32.5 Å². The van der Waals surface area contributed by atoms with Gasteiger partial charge in [0.25, 0.3) is 0 Å². The van der Waals surface area contributed by atoms with Crippen molar-refractivity contribution in [3.8, 4) is 0 Å². The minimum Gasteiger partial charge on any atom is -0.358 e. The average Bonchev–Trinajstić information content (AvgIpc) is 2.83. The quantitative estimate of drug-likeness (QED) is 0.721. The van der Waals surface area contributed by atoms with Crippen molar-refractivity contribution in [1.29, 1.82) is 0 Å². The summed E-state index contributed by atoms with van der Waals surface area (Å²) in [6.07, 6.45) is 0.627. The number of rotatable bonds is 5. The van der Waals surface area contributed by atoms with E-state index >= 15 is 0 Å². The van der Waals surface area contributed by atoms with Crippen LogP contribution in [0.15, 0.2) is 47.4 Å². The summed E-state index contributed by atoms with van der Waals surface area (Å²) in [5.74, 6) is 0. The third-order valence-electron chi connectivity index (χ3n) is 4.07. The topological polar surface area (TPSA) is 62.0 Å². The minimum absolute atomic E-state index is 0.221. The Hall–Kier alpha value is -1.82. The van der Waals surface area contributed by atoms with Crippen molar-refractivity contribution in [3.63, 3.8) is 0 Å². The molecule has 0 saturated heterocycles. The van der Waals surface area contributed by atoms with E-state index in [9.17, 15) is 8.42 Å². The molecule has 3 aromatic rings. The van der Waals surface area contributed by atoms with E-state index in [1.165, 1.54) is 17.7 Å². The maximum atomic E-state index is 12.3. The second-order valence-corrected chi connectivity index (χ2v) is 8.08. The highest BCUT2D eigenvalue weighted by molar-refractivity contribution is 7.89. The van der Waals surface area contributed by atoms with Crippen LogP contribution < -0.4 is 4.72 Å². The maximum absolute atomic E-state index is 12.3. The van der Waals surface area contributed by atoms with Gasteiger partial charge in [0.15, 0.2) is 0 Å². The van der Waals surface area contributed by atoms with Gasteiger partial charge in [0.2, 0.25) is 10.0 Å². The number of aromatic nitrogens is 1. The molecule has 6 heteroatoms. The maximum Gasteiger partial charge on any atom is 0.240 e. The van der Waals surface area contributed by atoms with Crippen LogP contribution in [0.5, 0.6) is 0 Å². The highest BCUT2D eigenvalue weighted by atomic mass is 35.5. The van der Waals surface area contributed by atoms with Crippen LogP contribution in [0.25, 0.3) is 10.9 Å². The first-order valence-corrected chi connectivity index (χ1v) is 9.56. The van der Waals surface area contributed by atoms with E-state index in [0.29, 0.717) is 18.0 Å². The lowest BCUT2D eigenvalue weighted by Gasteiger charge is -2.07. The summed E-state index contributed by atoms with van der Waals surface area (Å²) in [5.41, 5.74) is 4.48. The van der Waals surface area contributed by atoms with E-state index in [-0.39, 0.29) is 4.90 Å². The Balaban J connectivity index is 1.76. The summed E-state index contributed by atoms with van der Waals surface area (Å²) >= 11 is 5.80. The van der Waals surface area contributed by atoms with E-state index in [0.717, 1.165) is 22.2 Å². The lowest BCUT2D eigenvalue weighted by molar-refractivity contribution is 0.581. The lowest BCUT2D eigenvalue weighted by atomic mass is 10.1. The zero-order chi connectivity index (χ0) is 17.3. The van der Waals surface area contributed by atoms with Gasteiger partial charge in [0.05, 0.1) is 4.90 Å². The van der Waals surface area contributed by atoms with Gasteiger partial charge in [0, 0.05) is 28.2 Å². The van der Waals surface area contributed by atoms with Crippen molar-refractivity contribution in [2.45, 2.75) is 25.2 Å². The van der Waals surface area contributed by atoms with Gasteiger partial charge in [-0.1, -0.05) is 23.2 Å². The molecule has 0 atom stereocenters. The van der Waals surface area contributed by atoms with Crippen LogP contribution in [-0.2, 0) is 16.4 Å². The number of hydrogen-bond donors (Lipinski definition) is 2. The molecule has 0 fully saturated rings. The monoisotopic (exact) mass is 362 g/mol. The fraction of sp³-hybridized carbons (Fsp3) is 0.222. The van der Waals surface area contributed by atoms with Gasteiger partial charge < -0.3 is 4.98 Å². The van der Waals surface area contributed by atoms with E-state index in [4.69, 9.17) is 11.6 Å². The van der Waals surface area contributed by atoms with Gasteiger partial charge >= 0.3 is 0 Å². The fourth-order valence-electron chi connectivity index (χ4n) is 2.83. The molecule has 2 aromatic carbocycles. The van der Waals surface area contributed by atoms with Crippen molar-refractivity contribution in [2.75, 3.05) is 6.54 Å². The molecule has 0 amide bonds. The van der Waals surface area contributed by atoms with Crippen LogP contribution in [0.2, 0.25) is 5.02 Å². The number of nitrogens with one attached hydrogen (secondary N) is 2. The molecule has 1 heterocycles. The molecule has 0 bridgehead atoms. The average molecular weight is 363 g/mol. The Kier molecular flexibility index (Phi) is 4.67. The molecule has 2 N–H and O–H groups in total. The molecule has 0 unspecified atom stereocenters. The van der Waals surface area contributed by atoms with Crippen molar-refractivity contribution in [1.82, 2.24) is 9.71 Å². The van der Waals surface area contributed by atoms with Crippen LogP contribution >= 0.6 is 11.6 Å². The van der Waals surface area contributed by atoms with Crippen LogP contribution in [-0.4, -0.2) is 19.9 Å².